The third-order valence-electron chi connectivity index (χ3n) is 6.74. The van der Waals surface area contributed by atoms with Gasteiger partial charge >= 0.3 is 0 Å². The van der Waals surface area contributed by atoms with E-state index in [2.05, 4.69) is 31.2 Å². The van der Waals surface area contributed by atoms with E-state index in [-0.39, 0.29) is 12.1 Å². The summed E-state index contributed by atoms with van der Waals surface area (Å²) in [5.41, 5.74) is 11.4. The standard InChI is InChI=1S/C25H33NO3/c1-17-9-23(28-2)13-24(10-17)29-15-18-3-4-20-12-21(6-5-19(20)11-18)22-7-8-25(26,14-22)16-27/h5-6,9-10,12-13,18,22,27H,3-4,7-8,11,14-16,26H2,1-2H3/t18?,22-,25+/m0/s1. The van der Waals surface area contributed by atoms with Gasteiger partial charge in [-0.3, -0.25) is 0 Å². The Morgan fingerprint density at radius 3 is 2.69 bits per heavy atom. The van der Waals surface area contributed by atoms with Crippen LogP contribution in [0.25, 0.3) is 0 Å². The van der Waals surface area contributed by atoms with Gasteiger partial charge in [-0.25, -0.2) is 0 Å². The maximum atomic E-state index is 9.54. The SMILES string of the molecule is COc1cc(C)cc(OCC2CCc3cc([C@H]4CC[C@](N)(CO)C4)ccc3C2)c1. The first-order valence-corrected chi connectivity index (χ1v) is 10.8. The molecule has 156 valence electrons. The lowest BCUT2D eigenvalue weighted by molar-refractivity contribution is 0.198. The second kappa shape index (κ2) is 8.37. The molecule has 0 heterocycles. The van der Waals surface area contributed by atoms with Crippen molar-refractivity contribution in [1.29, 1.82) is 0 Å². The molecule has 2 aromatic carbocycles. The van der Waals surface area contributed by atoms with Crippen LogP contribution in [0.3, 0.4) is 0 Å². The molecule has 1 unspecified atom stereocenters. The number of aryl methyl sites for hydroxylation is 2. The van der Waals surface area contributed by atoms with Gasteiger partial charge in [0.05, 0.1) is 20.3 Å². The van der Waals surface area contributed by atoms with Crippen molar-refractivity contribution in [3.05, 3.63) is 58.7 Å². The van der Waals surface area contributed by atoms with E-state index < -0.39 is 0 Å². The van der Waals surface area contributed by atoms with Crippen LogP contribution in [0.4, 0.5) is 0 Å². The van der Waals surface area contributed by atoms with E-state index in [4.69, 9.17) is 15.2 Å². The smallest absolute Gasteiger partial charge is 0.123 e. The average Bonchev–Trinajstić information content (AvgIpc) is 3.14. The molecule has 3 atom stereocenters. The molecule has 1 fully saturated rings. The molecule has 2 aliphatic carbocycles. The third-order valence-corrected chi connectivity index (χ3v) is 6.74. The zero-order chi connectivity index (χ0) is 20.4. The average molecular weight is 396 g/mol. The summed E-state index contributed by atoms with van der Waals surface area (Å²) in [5, 5.41) is 9.54. The van der Waals surface area contributed by atoms with Gasteiger partial charge in [0.2, 0.25) is 0 Å². The van der Waals surface area contributed by atoms with Gasteiger partial charge in [0.1, 0.15) is 11.5 Å². The molecule has 4 rings (SSSR count). The highest BCUT2D eigenvalue weighted by atomic mass is 16.5. The third kappa shape index (κ3) is 4.59. The molecule has 4 nitrogen and oxygen atoms in total. The van der Waals surface area contributed by atoms with Gasteiger partial charge in [-0.05, 0) is 91.7 Å². The minimum Gasteiger partial charge on any atom is -0.497 e. The maximum Gasteiger partial charge on any atom is 0.123 e. The second-order valence-corrected chi connectivity index (χ2v) is 9.09. The highest BCUT2D eigenvalue weighted by Crippen LogP contribution is 2.40. The molecule has 0 saturated heterocycles. The Labute approximate surface area is 174 Å². The van der Waals surface area contributed by atoms with Gasteiger partial charge in [-0.2, -0.15) is 0 Å². The summed E-state index contributed by atoms with van der Waals surface area (Å²) < 4.78 is 11.5. The highest BCUT2D eigenvalue weighted by Gasteiger charge is 2.36. The molecule has 0 bridgehead atoms. The van der Waals surface area contributed by atoms with E-state index in [1.165, 1.54) is 16.7 Å². The largest absolute Gasteiger partial charge is 0.497 e. The van der Waals surface area contributed by atoms with Crippen molar-refractivity contribution < 1.29 is 14.6 Å². The van der Waals surface area contributed by atoms with E-state index in [1.54, 1.807) is 7.11 Å². The molecular formula is C25H33NO3. The van der Waals surface area contributed by atoms with Crippen LogP contribution in [0, 0.1) is 12.8 Å². The predicted octanol–water partition coefficient (Wildman–Crippen LogP) is 4.14. The number of aliphatic hydroxyl groups is 1. The molecule has 1 saturated carbocycles. The van der Waals surface area contributed by atoms with E-state index in [9.17, 15) is 5.11 Å². The lowest BCUT2D eigenvalue weighted by Crippen LogP contribution is -2.40. The highest BCUT2D eigenvalue weighted by molar-refractivity contribution is 5.38. The fourth-order valence-electron chi connectivity index (χ4n) is 4.96. The van der Waals surface area contributed by atoms with Crippen LogP contribution in [-0.4, -0.2) is 31.0 Å². The van der Waals surface area contributed by atoms with Crippen LogP contribution in [0.15, 0.2) is 36.4 Å². The van der Waals surface area contributed by atoms with Gasteiger partial charge in [0, 0.05) is 11.6 Å². The first-order chi connectivity index (χ1) is 14.0. The molecular weight excluding hydrogens is 362 g/mol. The number of methoxy groups -OCH3 is 1. The topological polar surface area (TPSA) is 64.7 Å². The quantitative estimate of drug-likeness (QED) is 0.771. The summed E-state index contributed by atoms with van der Waals surface area (Å²) in [4.78, 5) is 0. The fraction of sp³-hybridized carbons (Fsp3) is 0.520. The molecule has 2 aromatic rings. The molecule has 0 radical (unpaired) electrons. The molecule has 0 aromatic heterocycles. The van der Waals surface area contributed by atoms with Crippen LogP contribution in [0.2, 0.25) is 0 Å². The van der Waals surface area contributed by atoms with Crippen molar-refractivity contribution >= 4 is 0 Å². The van der Waals surface area contributed by atoms with E-state index >= 15 is 0 Å². The Kier molecular flexibility index (Phi) is 5.84. The van der Waals surface area contributed by atoms with Crippen LogP contribution >= 0.6 is 0 Å². The number of hydrogen-bond acceptors (Lipinski definition) is 4. The lowest BCUT2D eigenvalue weighted by atomic mass is 9.82. The number of rotatable bonds is 6. The normalized spacial score (nSPS) is 26.2. The number of aliphatic hydroxyl groups excluding tert-OH is 1. The Morgan fingerprint density at radius 2 is 1.93 bits per heavy atom. The number of benzene rings is 2. The minimum absolute atomic E-state index is 0.0862. The first-order valence-electron chi connectivity index (χ1n) is 10.8. The van der Waals surface area contributed by atoms with Crippen molar-refractivity contribution in [1.82, 2.24) is 0 Å². The lowest BCUT2D eigenvalue weighted by Gasteiger charge is -2.26. The van der Waals surface area contributed by atoms with Crippen LogP contribution < -0.4 is 15.2 Å². The van der Waals surface area contributed by atoms with Gasteiger partial charge < -0.3 is 20.3 Å². The monoisotopic (exact) mass is 395 g/mol. The van der Waals surface area contributed by atoms with Gasteiger partial charge in [-0.15, -0.1) is 0 Å². The van der Waals surface area contributed by atoms with Crippen molar-refractivity contribution in [3.8, 4) is 11.5 Å². The minimum atomic E-state index is -0.387. The van der Waals surface area contributed by atoms with Crippen molar-refractivity contribution in [2.24, 2.45) is 11.7 Å². The molecule has 29 heavy (non-hydrogen) atoms. The van der Waals surface area contributed by atoms with Gasteiger partial charge in [-0.1, -0.05) is 18.2 Å². The Bertz CT molecular complexity index is 865. The number of fused-ring (bicyclic) bond motifs is 1. The van der Waals surface area contributed by atoms with E-state index in [1.807, 2.05) is 12.1 Å². The Morgan fingerprint density at radius 1 is 1.10 bits per heavy atom. The zero-order valence-electron chi connectivity index (χ0n) is 17.6. The summed E-state index contributed by atoms with van der Waals surface area (Å²) in [7, 11) is 1.69. The van der Waals surface area contributed by atoms with Crippen LogP contribution in [0.1, 0.15) is 53.9 Å². The van der Waals surface area contributed by atoms with E-state index in [0.29, 0.717) is 11.8 Å². The predicted molar refractivity (Wildman–Crippen MR) is 116 cm³/mol. The summed E-state index contributed by atoms with van der Waals surface area (Å²) >= 11 is 0. The second-order valence-electron chi connectivity index (χ2n) is 9.09. The number of nitrogens with two attached hydrogens (primary N) is 1. The molecule has 3 N–H and O–H groups in total. The Hall–Kier alpha value is -2.04. The molecule has 0 aliphatic heterocycles. The zero-order valence-corrected chi connectivity index (χ0v) is 17.6. The van der Waals surface area contributed by atoms with E-state index in [0.717, 1.165) is 62.2 Å². The number of ether oxygens (including phenoxy) is 2. The van der Waals surface area contributed by atoms with Crippen LogP contribution in [0.5, 0.6) is 11.5 Å². The molecule has 0 spiro atoms. The van der Waals surface area contributed by atoms with Gasteiger partial charge in [0.25, 0.3) is 0 Å². The summed E-state index contributed by atoms with van der Waals surface area (Å²) in [5.74, 6) is 2.75. The van der Waals surface area contributed by atoms with Crippen molar-refractivity contribution in [2.45, 2.75) is 56.9 Å². The number of hydrogen-bond donors (Lipinski definition) is 2. The van der Waals surface area contributed by atoms with Crippen LogP contribution in [-0.2, 0) is 12.8 Å². The van der Waals surface area contributed by atoms with Crippen molar-refractivity contribution in [3.63, 3.8) is 0 Å². The fourth-order valence-corrected chi connectivity index (χ4v) is 4.96. The molecule has 0 amide bonds. The summed E-state index contributed by atoms with van der Waals surface area (Å²) in [6.07, 6.45) is 6.20. The summed E-state index contributed by atoms with van der Waals surface area (Å²) in [6, 6.07) is 13.0. The maximum absolute atomic E-state index is 9.54. The summed E-state index contributed by atoms with van der Waals surface area (Å²) in [6.45, 7) is 2.88. The first kappa shape index (κ1) is 20.2. The van der Waals surface area contributed by atoms with Gasteiger partial charge in [0.15, 0.2) is 0 Å². The van der Waals surface area contributed by atoms with Crippen molar-refractivity contribution in [2.75, 3.05) is 20.3 Å². The molecule has 4 heteroatoms. The Balaban J connectivity index is 1.38. The molecule has 2 aliphatic rings.